The molecule has 0 aromatic heterocycles. The van der Waals surface area contributed by atoms with Crippen molar-refractivity contribution < 1.29 is 0 Å². The molecule has 0 spiro atoms. The number of halogens is 1. The number of hydrogen-bond donors (Lipinski definition) is 0. The van der Waals surface area contributed by atoms with Gasteiger partial charge in [0.25, 0.3) is 0 Å². The van der Waals surface area contributed by atoms with Crippen LogP contribution in [0.4, 0.5) is 0 Å². The monoisotopic (exact) mass is 159 g/mol. The maximum Gasteiger partial charge on any atom is 0.0173 e. The number of rotatable bonds is 6. The Morgan fingerprint density at radius 1 is 1.10 bits per heavy atom. The molecule has 0 aromatic carbocycles. The van der Waals surface area contributed by atoms with E-state index in [1.54, 1.807) is 4.42 Å². The van der Waals surface area contributed by atoms with Crippen molar-refractivity contribution in [2.24, 2.45) is 0 Å². The van der Waals surface area contributed by atoms with Gasteiger partial charge in [-0.25, -0.2) is 4.42 Å². The van der Waals surface area contributed by atoms with E-state index in [0.717, 1.165) is 25.9 Å². The van der Waals surface area contributed by atoms with Crippen LogP contribution in [0, 0.1) is 0 Å². The molecule has 10 heavy (non-hydrogen) atoms. The molecule has 0 fully saturated rings. The molecule has 58 valence electrons. The van der Waals surface area contributed by atoms with Crippen molar-refractivity contribution >= 4 is 11.8 Å². The Labute approximate surface area is 68.1 Å². The number of nitrogens with zero attached hydrogens (tertiary/aromatic N) is 1. The lowest BCUT2D eigenvalue weighted by molar-refractivity contribution is 0.471. The normalized spacial score (nSPS) is 9.80. The summed E-state index contributed by atoms with van der Waals surface area (Å²) < 4.78 is 1.75. The van der Waals surface area contributed by atoms with E-state index in [0.29, 0.717) is 0 Å². The highest BCUT2D eigenvalue weighted by atomic mass is 35.5. The summed E-state index contributed by atoms with van der Waals surface area (Å²) >= 11 is 5.78. The Morgan fingerprint density at radius 3 is 1.80 bits per heavy atom. The van der Waals surface area contributed by atoms with Crippen LogP contribution in [0.2, 0.25) is 0 Å². The highest BCUT2D eigenvalue weighted by molar-refractivity contribution is 6.13. The molecule has 0 heterocycles. The molecule has 0 rings (SSSR count). The predicted octanol–water partition coefficient (Wildman–Crippen LogP) is 2.59. The smallest absolute Gasteiger partial charge is 0.0173 e. The van der Waals surface area contributed by atoms with Gasteiger partial charge in [0, 0.05) is 13.1 Å². The summed E-state index contributed by atoms with van der Waals surface area (Å²) in [5.41, 5.74) is 0. The highest BCUT2D eigenvalue weighted by Crippen LogP contribution is 1.98. The summed E-state index contributed by atoms with van der Waals surface area (Å²) in [7, 11) is 0. The SMILES string of the molecule is C=CCCN(Cl)CCC=C. The summed E-state index contributed by atoms with van der Waals surface area (Å²) in [5, 5.41) is 0. The van der Waals surface area contributed by atoms with Crippen LogP contribution in [0.5, 0.6) is 0 Å². The van der Waals surface area contributed by atoms with E-state index in [2.05, 4.69) is 13.2 Å². The van der Waals surface area contributed by atoms with Crippen LogP contribution < -0.4 is 0 Å². The van der Waals surface area contributed by atoms with Crippen molar-refractivity contribution in [2.45, 2.75) is 12.8 Å². The first-order valence-corrected chi connectivity index (χ1v) is 3.77. The second-order valence-electron chi connectivity index (χ2n) is 2.06. The van der Waals surface area contributed by atoms with Crippen molar-refractivity contribution in [1.82, 2.24) is 4.42 Å². The van der Waals surface area contributed by atoms with Crippen LogP contribution >= 0.6 is 11.8 Å². The van der Waals surface area contributed by atoms with Gasteiger partial charge in [0.1, 0.15) is 0 Å². The highest BCUT2D eigenvalue weighted by Gasteiger charge is 1.95. The van der Waals surface area contributed by atoms with Gasteiger partial charge >= 0.3 is 0 Å². The first-order chi connectivity index (χ1) is 4.81. The van der Waals surface area contributed by atoms with E-state index in [4.69, 9.17) is 11.8 Å². The van der Waals surface area contributed by atoms with Gasteiger partial charge in [-0.2, -0.15) is 0 Å². The van der Waals surface area contributed by atoms with Gasteiger partial charge in [-0.1, -0.05) is 12.2 Å². The molecule has 0 atom stereocenters. The van der Waals surface area contributed by atoms with Crippen LogP contribution in [0.1, 0.15) is 12.8 Å². The van der Waals surface area contributed by atoms with E-state index in [1.807, 2.05) is 12.2 Å². The summed E-state index contributed by atoms with van der Waals surface area (Å²) in [6, 6.07) is 0. The molecule has 0 bridgehead atoms. The summed E-state index contributed by atoms with van der Waals surface area (Å²) in [5.74, 6) is 0. The molecule has 0 aliphatic rings. The third-order valence-corrected chi connectivity index (χ3v) is 1.49. The van der Waals surface area contributed by atoms with Crippen LogP contribution in [0.3, 0.4) is 0 Å². The Bertz CT molecular complexity index is 89.4. The minimum atomic E-state index is 0.874. The summed E-state index contributed by atoms with van der Waals surface area (Å²) in [6.07, 6.45) is 5.62. The van der Waals surface area contributed by atoms with E-state index in [9.17, 15) is 0 Å². The summed E-state index contributed by atoms with van der Waals surface area (Å²) in [6.45, 7) is 8.96. The summed E-state index contributed by atoms with van der Waals surface area (Å²) in [4.78, 5) is 0. The molecule has 1 nitrogen and oxygen atoms in total. The molecule has 0 aliphatic carbocycles. The van der Waals surface area contributed by atoms with Gasteiger partial charge in [-0.3, -0.25) is 0 Å². The van der Waals surface area contributed by atoms with Crippen LogP contribution in [0.15, 0.2) is 25.3 Å². The van der Waals surface area contributed by atoms with E-state index in [-0.39, 0.29) is 0 Å². The first kappa shape index (κ1) is 9.73. The quantitative estimate of drug-likeness (QED) is 0.426. The maximum atomic E-state index is 5.78. The van der Waals surface area contributed by atoms with E-state index in [1.165, 1.54) is 0 Å². The minimum absolute atomic E-state index is 0.874. The second-order valence-corrected chi connectivity index (χ2v) is 2.54. The molecular weight excluding hydrogens is 146 g/mol. The zero-order valence-corrected chi connectivity index (χ0v) is 6.98. The molecule has 0 saturated heterocycles. The van der Waals surface area contributed by atoms with Gasteiger partial charge in [-0.05, 0) is 24.6 Å². The average Bonchev–Trinajstić information content (AvgIpc) is 1.97. The molecule has 0 saturated carbocycles. The Balaban J connectivity index is 3.15. The van der Waals surface area contributed by atoms with Gasteiger partial charge < -0.3 is 0 Å². The maximum absolute atomic E-state index is 5.78. The van der Waals surface area contributed by atoms with Gasteiger partial charge in [0.05, 0.1) is 0 Å². The molecule has 2 heteroatoms. The van der Waals surface area contributed by atoms with Crippen molar-refractivity contribution in [3.63, 3.8) is 0 Å². The molecule has 0 unspecified atom stereocenters. The van der Waals surface area contributed by atoms with Crippen LogP contribution in [0.25, 0.3) is 0 Å². The van der Waals surface area contributed by atoms with Gasteiger partial charge in [0.15, 0.2) is 0 Å². The van der Waals surface area contributed by atoms with E-state index < -0.39 is 0 Å². The molecule has 0 amide bonds. The fourth-order valence-electron chi connectivity index (χ4n) is 0.575. The Kier molecular flexibility index (Phi) is 6.66. The predicted molar refractivity (Wildman–Crippen MR) is 47.1 cm³/mol. The fourth-order valence-corrected chi connectivity index (χ4v) is 0.770. The van der Waals surface area contributed by atoms with Crippen molar-refractivity contribution in [3.05, 3.63) is 25.3 Å². The molecule has 0 radical (unpaired) electrons. The Morgan fingerprint density at radius 2 is 1.50 bits per heavy atom. The van der Waals surface area contributed by atoms with Crippen molar-refractivity contribution in [1.29, 1.82) is 0 Å². The average molecular weight is 160 g/mol. The van der Waals surface area contributed by atoms with Gasteiger partial charge in [0.2, 0.25) is 0 Å². The minimum Gasteiger partial charge on any atom is -0.220 e. The lowest BCUT2D eigenvalue weighted by Gasteiger charge is -2.09. The molecule has 0 aliphatic heterocycles. The topological polar surface area (TPSA) is 3.24 Å². The van der Waals surface area contributed by atoms with Crippen LogP contribution in [-0.2, 0) is 0 Å². The molecule has 0 aromatic rings. The lowest BCUT2D eigenvalue weighted by atomic mass is 10.4. The second kappa shape index (κ2) is 6.84. The van der Waals surface area contributed by atoms with Gasteiger partial charge in [-0.15, -0.1) is 13.2 Å². The zero-order chi connectivity index (χ0) is 7.82. The van der Waals surface area contributed by atoms with E-state index >= 15 is 0 Å². The lowest BCUT2D eigenvalue weighted by Crippen LogP contribution is -2.13. The number of hydrogen-bond acceptors (Lipinski definition) is 1. The molecule has 0 N–H and O–H groups in total. The standard InChI is InChI=1S/C8H14ClN/c1-3-5-7-10(9)8-6-4-2/h3-4H,1-2,5-8H2. The Hall–Kier alpha value is -0.270. The fraction of sp³-hybridized carbons (Fsp3) is 0.500. The van der Waals surface area contributed by atoms with Crippen molar-refractivity contribution in [2.75, 3.05) is 13.1 Å². The van der Waals surface area contributed by atoms with Crippen molar-refractivity contribution in [3.8, 4) is 0 Å². The zero-order valence-electron chi connectivity index (χ0n) is 6.22. The third kappa shape index (κ3) is 5.86. The van der Waals surface area contributed by atoms with Crippen LogP contribution in [-0.4, -0.2) is 17.5 Å². The third-order valence-electron chi connectivity index (χ3n) is 1.15. The largest absolute Gasteiger partial charge is 0.220 e. The first-order valence-electron chi connectivity index (χ1n) is 3.43. The molecular formula is C8H14ClN.